The van der Waals surface area contributed by atoms with Gasteiger partial charge in [-0.1, -0.05) is 17.7 Å². The van der Waals surface area contributed by atoms with E-state index in [0.717, 1.165) is 22.7 Å². The molecular weight excluding hydrogens is 238 g/mol. The third kappa shape index (κ3) is 2.84. The number of anilines is 1. The van der Waals surface area contributed by atoms with Crippen LogP contribution in [0.15, 0.2) is 18.2 Å². The highest BCUT2D eigenvalue weighted by atomic mass is 16.5. The first-order valence-corrected chi connectivity index (χ1v) is 6.29. The van der Waals surface area contributed by atoms with Crippen LogP contribution in [0.4, 0.5) is 5.82 Å². The van der Waals surface area contributed by atoms with Crippen molar-refractivity contribution in [3.8, 4) is 11.6 Å². The van der Waals surface area contributed by atoms with Crippen LogP contribution in [0.3, 0.4) is 0 Å². The first-order chi connectivity index (χ1) is 9.01. The standard InChI is InChI=1S/C15H19N3O/c1-9-6-7-13(10(2)8-9)19-15-11(3)14(16-5)17-12(4)18-15/h6-8H,1-5H3,(H,16,17,18). The summed E-state index contributed by atoms with van der Waals surface area (Å²) in [7, 11) is 1.84. The van der Waals surface area contributed by atoms with Gasteiger partial charge in [-0.25, -0.2) is 4.98 Å². The van der Waals surface area contributed by atoms with Crippen molar-refractivity contribution < 1.29 is 4.74 Å². The molecule has 0 aliphatic heterocycles. The molecule has 19 heavy (non-hydrogen) atoms. The second-order valence-corrected chi connectivity index (χ2v) is 4.67. The van der Waals surface area contributed by atoms with Gasteiger partial charge in [0, 0.05) is 7.05 Å². The minimum Gasteiger partial charge on any atom is -0.438 e. The Morgan fingerprint density at radius 3 is 2.42 bits per heavy atom. The Bertz CT molecular complexity index is 609. The smallest absolute Gasteiger partial charge is 0.227 e. The molecule has 0 amide bonds. The zero-order valence-corrected chi connectivity index (χ0v) is 12.0. The molecule has 1 heterocycles. The molecule has 0 unspecified atom stereocenters. The lowest BCUT2D eigenvalue weighted by molar-refractivity contribution is 0.452. The predicted molar refractivity (Wildman–Crippen MR) is 77.0 cm³/mol. The highest BCUT2D eigenvalue weighted by Gasteiger charge is 2.11. The van der Waals surface area contributed by atoms with Crippen molar-refractivity contribution in [1.29, 1.82) is 0 Å². The summed E-state index contributed by atoms with van der Waals surface area (Å²) in [6.45, 7) is 7.90. The molecule has 2 aromatic rings. The van der Waals surface area contributed by atoms with Crippen LogP contribution < -0.4 is 10.1 Å². The summed E-state index contributed by atoms with van der Waals surface area (Å²) in [6, 6.07) is 6.10. The number of benzene rings is 1. The third-order valence-electron chi connectivity index (χ3n) is 2.99. The number of aromatic nitrogens is 2. The molecule has 1 aromatic heterocycles. The summed E-state index contributed by atoms with van der Waals surface area (Å²) in [5.74, 6) is 2.92. The summed E-state index contributed by atoms with van der Waals surface area (Å²) in [4.78, 5) is 8.69. The SMILES string of the molecule is CNc1nc(C)nc(Oc2ccc(C)cc2C)c1C. The van der Waals surface area contributed by atoms with Crippen molar-refractivity contribution in [2.45, 2.75) is 27.7 Å². The monoisotopic (exact) mass is 257 g/mol. The van der Waals surface area contributed by atoms with Crippen LogP contribution in [-0.2, 0) is 0 Å². The fourth-order valence-corrected chi connectivity index (χ4v) is 1.96. The van der Waals surface area contributed by atoms with Gasteiger partial charge in [-0.05, 0) is 39.3 Å². The van der Waals surface area contributed by atoms with E-state index in [9.17, 15) is 0 Å². The average Bonchev–Trinajstić information content (AvgIpc) is 2.36. The molecule has 0 saturated carbocycles. The molecule has 1 N–H and O–H groups in total. The molecule has 0 aliphatic rings. The largest absolute Gasteiger partial charge is 0.438 e. The number of ether oxygens (including phenoxy) is 1. The molecule has 0 fully saturated rings. The summed E-state index contributed by atoms with van der Waals surface area (Å²) >= 11 is 0. The number of nitrogens with zero attached hydrogens (tertiary/aromatic N) is 2. The molecule has 0 saturated heterocycles. The first kappa shape index (κ1) is 13.3. The Balaban J connectivity index is 2.40. The van der Waals surface area contributed by atoms with Gasteiger partial charge in [0.2, 0.25) is 5.88 Å². The van der Waals surface area contributed by atoms with Crippen molar-refractivity contribution in [1.82, 2.24) is 9.97 Å². The summed E-state index contributed by atoms with van der Waals surface area (Å²) in [6.07, 6.45) is 0. The quantitative estimate of drug-likeness (QED) is 0.913. The lowest BCUT2D eigenvalue weighted by Crippen LogP contribution is -2.03. The van der Waals surface area contributed by atoms with Crippen LogP contribution in [-0.4, -0.2) is 17.0 Å². The van der Waals surface area contributed by atoms with Gasteiger partial charge in [-0.2, -0.15) is 4.98 Å². The zero-order chi connectivity index (χ0) is 14.0. The minimum absolute atomic E-state index is 0.601. The van der Waals surface area contributed by atoms with Crippen LogP contribution in [0.25, 0.3) is 0 Å². The van der Waals surface area contributed by atoms with Gasteiger partial charge in [-0.15, -0.1) is 0 Å². The molecule has 0 bridgehead atoms. The van der Waals surface area contributed by atoms with Gasteiger partial charge in [0.15, 0.2) is 0 Å². The van der Waals surface area contributed by atoms with Crippen molar-refractivity contribution in [3.05, 3.63) is 40.7 Å². The predicted octanol–water partition coefficient (Wildman–Crippen LogP) is 3.54. The fraction of sp³-hybridized carbons (Fsp3) is 0.333. The number of hydrogen-bond acceptors (Lipinski definition) is 4. The van der Waals surface area contributed by atoms with Gasteiger partial charge in [0.25, 0.3) is 0 Å². The van der Waals surface area contributed by atoms with Crippen LogP contribution in [0, 0.1) is 27.7 Å². The van der Waals surface area contributed by atoms with Gasteiger partial charge in [0.1, 0.15) is 17.4 Å². The van der Waals surface area contributed by atoms with Crippen molar-refractivity contribution in [3.63, 3.8) is 0 Å². The zero-order valence-electron chi connectivity index (χ0n) is 12.0. The molecule has 100 valence electrons. The number of hydrogen-bond donors (Lipinski definition) is 1. The topological polar surface area (TPSA) is 47.0 Å². The maximum atomic E-state index is 5.93. The second-order valence-electron chi connectivity index (χ2n) is 4.67. The Kier molecular flexibility index (Phi) is 3.69. The molecule has 4 nitrogen and oxygen atoms in total. The Morgan fingerprint density at radius 1 is 1.05 bits per heavy atom. The lowest BCUT2D eigenvalue weighted by atomic mass is 10.1. The van der Waals surface area contributed by atoms with E-state index in [1.165, 1.54) is 5.56 Å². The van der Waals surface area contributed by atoms with Crippen molar-refractivity contribution >= 4 is 5.82 Å². The van der Waals surface area contributed by atoms with Crippen molar-refractivity contribution in [2.75, 3.05) is 12.4 Å². The Morgan fingerprint density at radius 2 is 1.79 bits per heavy atom. The maximum absolute atomic E-state index is 5.93. The maximum Gasteiger partial charge on any atom is 0.227 e. The van der Waals surface area contributed by atoms with E-state index in [-0.39, 0.29) is 0 Å². The molecule has 0 aliphatic carbocycles. The fourth-order valence-electron chi connectivity index (χ4n) is 1.96. The number of nitrogens with one attached hydrogen (secondary N) is 1. The summed E-state index contributed by atoms with van der Waals surface area (Å²) in [5, 5.41) is 3.05. The van der Waals surface area contributed by atoms with E-state index < -0.39 is 0 Å². The van der Waals surface area contributed by atoms with Crippen LogP contribution in [0.2, 0.25) is 0 Å². The lowest BCUT2D eigenvalue weighted by Gasteiger charge is -2.13. The Hall–Kier alpha value is -2.10. The van der Waals surface area contributed by atoms with E-state index in [2.05, 4.69) is 28.3 Å². The average molecular weight is 257 g/mol. The number of aryl methyl sites for hydroxylation is 3. The highest BCUT2D eigenvalue weighted by Crippen LogP contribution is 2.29. The molecule has 0 radical (unpaired) electrons. The molecular formula is C15H19N3O. The van der Waals surface area contributed by atoms with E-state index in [1.807, 2.05) is 40.0 Å². The van der Waals surface area contributed by atoms with Gasteiger partial charge >= 0.3 is 0 Å². The molecule has 2 rings (SSSR count). The normalized spacial score (nSPS) is 10.4. The minimum atomic E-state index is 0.601. The molecule has 1 aromatic carbocycles. The van der Waals surface area contributed by atoms with E-state index in [1.54, 1.807) is 0 Å². The molecule has 0 spiro atoms. The van der Waals surface area contributed by atoms with Crippen molar-refractivity contribution in [2.24, 2.45) is 0 Å². The summed E-state index contributed by atoms with van der Waals surface area (Å²) < 4.78 is 5.93. The third-order valence-corrected chi connectivity index (χ3v) is 2.99. The van der Waals surface area contributed by atoms with E-state index >= 15 is 0 Å². The van der Waals surface area contributed by atoms with Gasteiger partial charge < -0.3 is 10.1 Å². The van der Waals surface area contributed by atoms with Crippen LogP contribution >= 0.6 is 0 Å². The van der Waals surface area contributed by atoms with Gasteiger partial charge in [-0.3, -0.25) is 0 Å². The molecule has 4 heteroatoms. The highest BCUT2D eigenvalue weighted by molar-refractivity contribution is 5.49. The molecule has 0 atom stereocenters. The second kappa shape index (κ2) is 5.26. The first-order valence-electron chi connectivity index (χ1n) is 6.29. The van der Waals surface area contributed by atoms with Crippen LogP contribution in [0.5, 0.6) is 11.6 Å². The number of rotatable bonds is 3. The van der Waals surface area contributed by atoms with E-state index in [4.69, 9.17) is 4.74 Å². The van der Waals surface area contributed by atoms with Crippen LogP contribution in [0.1, 0.15) is 22.5 Å². The Labute approximate surface area is 113 Å². The summed E-state index contributed by atoms with van der Waals surface area (Å²) in [5.41, 5.74) is 3.23. The van der Waals surface area contributed by atoms with Gasteiger partial charge in [0.05, 0.1) is 5.56 Å². The van der Waals surface area contributed by atoms with E-state index in [0.29, 0.717) is 11.7 Å².